The van der Waals surface area contributed by atoms with Gasteiger partial charge in [-0.15, -0.1) is 5.10 Å². The van der Waals surface area contributed by atoms with Crippen molar-refractivity contribution in [2.24, 2.45) is 0 Å². The van der Waals surface area contributed by atoms with Crippen LogP contribution >= 0.6 is 12.2 Å². The first-order valence-electron chi connectivity index (χ1n) is 6.20. The molecule has 2 heterocycles. The molecule has 7 heteroatoms. The number of hydrogen-bond acceptors (Lipinski definition) is 5. The van der Waals surface area contributed by atoms with Crippen LogP contribution in [0, 0.1) is 4.84 Å². The van der Waals surface area contributed by atoms with Gasteiger partial charge in [-0.1, -0.05) is 20.8 Å². The van der Waals surface area contributed by atoms with E-state index < -0.39 is 0 Å². The van der Waals surface area contributed by atoms with Gasteiger partial charge in [0.05, 0.1) is 5.69 Å². The molecule has 19 heavy (non-hydrogen) atoms. The Morgan fingerprint density at radius 3 is 2.79 bits per heavy atom. The van der Waals surface area contributed by atoms with Crippen LogP contribution < -0.4 is 5.56 Å². The lowest BCUT2D eigenvalue weighted by atomic mass is 10.1. The van der Waals surface area contributed by atoms with Crippen LogP contribution in [0.2, 0.25) is 0 Å². The number of aromatic nitrogens is 4. The van der Waals surface area contributed by atoms with E-state index in [0.717, 1.165) is 12.1 Å². The molecule has 6 nitrogen and oxygen atoms in total. The molecule has 1 N–H and O–H groups in total. The van der Waals surface area contributed by atoms with E-state index in [1.807, 2.05) is 20.8 Å². The van der Waals surface area contributed by atoms with Crippen LogP contribution in [0.15, 0.2) is 15.3 Å². The van der Waals surface area contributed by atoms with Crippen molar-refractivity contribution in [3.63, 3.8) is 0 Å². The van der Waals surface area contributed by atoms with E-state index in [2.05, 4.69) is 15.3 Å². The lowest BCUT2D eigenvalue weighted by Crippen LogP contribution is -2.26. The number of nitrogens with one attached hydrogen (secondary N) is 1. The zero-order valence-electron chi connectivity index (χ0n) is 11.1. The van der Waals surface area contributed by atoms with Gasteiger partial charge in [-0.25, -0.2) is 9.78 Å². The number of rotatable bonds is 4. The van der Waals surface area contributed by atoms with Crippen molar-refractivity contribution < 1.29 is 4.42 Å². The summed E-state index contributed by atoms with van der Waals surface area (Å²) < 4.78 is 6.68. The summed E-state index contributed by atoms with van der Waals surface area (Å²) in [5, 5.41) is 10.8. The number of aryl methyl sites for hydroxylation is 1. The van der Waals surface area contributed by atoms with Gasteiger partial charge in [0, 0.05) is 6.54 Å². The quantitative estimate of drug-likeness (QED) is 0.871. The van der Waals surface area contributed by atoms with Crippen molar-refractivity contribution in [3.8, 4) is 11.5 Å². The number of aromatic amines is 1. The molecule has 102 valence electrons. The first-order chi connectivity index (χ1) is 9.02. The standard InChI is InChI=1S/C12H16N4O2S/c1-4-5-16-11(17)8(6-9(15-16)7(2)3)10-13-14-12(19)18-10/h6-7H,4-5H2,1-3H3,(H,14,19). The molecule has 0 radical (unpaired) electrons. The van der Waals surface area contributed by atoms with Crippen LogP contribution in [0.5, 0.6) is 0 Å². The number of nitrogens with zero attached hydrogens (tertiary/aromatic N) is 3. The van der Waals surface area contributed by atoms with Crippen LogP contribution in [0.1, 0.15) is 38.8 Å². The predicted octanol–water partition coefficient (Wildman–Crippen LogP) is 2.49. The molecule has 0 aromatic carbocycles. The monoisotopic (exact) mass is 280 g/mol. The number of hydrogen-bond donors (Lipinski definition) is 1. The van der Waals surface area contributed by atoms with Crippen molar-refractivity contribution in [1.29, 1.82) is 0 Å². The highest BCUT2D eigenvalue weighted by atomic mass is 32.1. The van der Waals surface area contributed by atoms with Crippen LogP contribution in [0.25, 0.3) is 11.5 Å². The Kier molecular flexibility index (Phi) is 3.94. The summed E-state index contributed by atoms with van der Waals surface area (Å²) in [6.07, 6.45) is 0.831. The van der Waals surface area contributed by atoms with E-state index in [-0.39, 0.29) is 22.2 Å². The van der Waals surface area contributed by atoms with Crippen LogP contribution in [0.3, 0.4) is 0 Å². The SMILES string of the molecule is CCCn1nc(C(C)C)cc(-c2n[nH]c(=S)o2)c1=O. The molecule has 0 spiro atoms. The minimum absolute atomic E-state index is 0.152. The van der Waals surface area contributed by atoms with E-state index in [4.69, 9.17) is 16.6 Å². The molecule has 0 atom stereocenters. The molecule has 0 fully saturated rings. The van der Waals surface area contributed by atoms with E-state index in [9.17, 15) is 4.79 Å². The maximum Gasteiger partial charge on any atom is 0.284 e. The maximum atomic E-state index is 12.3. The Hall–Kier alpha value is -1.76. The molecule has 0 unspecified atom stereocenters. The van der Waals surface area contributed by atoms with Crippen molar-refractivity contribution in [3.05, 3.63) is 27.0 Å². The fourth-order valence-corrected chi connectivity index (χ4v) is 1.83. The third-order valence-electron chi connectivity index (χ3n) is 2.69. The second-order valence-electron chi connectivity index (χ2n) is 4.58. The average Bonchev–Trinajstić information content (AvgIpc) is 2.78. The van der Waals surface area contributed by atoms with E-state index >= 15 is 0 Å². The molecule has 2 aromatic heterocycles. The fraction of sp³-hybridized carbons (Fsp3) is 0.500. The molecule has 0 saturated carbocycles. The van der Waals surface area contributed by atoms with Crippen molar-refractivity contribution >= 4 is 12.2 Å². The van der Waals surface area contributed by atoms with Crippen LogP contribution in [0.4, 0.5) is 0 Å². The van der Waals surface area contributed by atoms with Gasteiger partial charge >= 0.3 is 0 Å². The van der Waals surface area contributed by atoms with Gasteiger partial charge in [0.25, 0.3) is 16.3 Å². The van der Waals surface area contributed by atoms with Gasteiger partial charge in [0.15, 0.2) is 0 Å². The minimum atomic E-state index is -0.212. The molecule has 2 rings (SSSR count). The van der Waals surface area contributed by atoms with Crippen molar-refractivity contribution in [1.82, 2.24) is 20.0 Å². The lowest BCUT2D eigenvalue weighted by molar-refractivity contribution is 0.531. The molecule has 0 saturated heterocycles. The second kappa shape index (κ2) is 5.48. The summed E-state index contributed by atoms with van der Waals surface area (Å²) in [6, 6.07) is 1.72. The molecular weight excluding hydrogens is 264 g/mol. The molecule has 0 bridgehead atoms. The maximum absolute atomic E-state index is 12.3. The Morgan fingerprint density at radius 2 is 2.26 bits per heavy atom. The summed E-state index contributed by atoms with van der Waals surface area (Å²) in [6.45, 7) is 6.60. The van der Waals surface area contributed by atoms with Gasteiger partial charge in [-0.05, 0) is 30.6 Å². The third kappa shape index (κ3) is 2.81. The summed E-state index contributed by atoms with van der Waals surface area (Å²) in [5.74, 6) is 0.425. The van der Waals surface area contributed by atoms with E-state index in [1.54, 1.807) is 6.07 Å². The zero-order valence-corrected chi connectivity index (χ0v) is 12.0. The van der Waals surface area contributed by atoms with Gasteiger partial charge in [0.1, 0.15) is 5.56 Å². The van der Waals surface area contributed by atoms with Gasteiger partial charge in [-0.2, -0.15) is 5.10 Å². The normalized spacial score (nSPS) is 11.2. The molecule has 0 amide bonds. The fourth-order valence-electron chi connectivity index (χ4n) is 1.71. The average molecular weight is 280 g/mol. The summed E-state index contributed by atoms with van der Waals surface area (Å²) >= 11 is 4.84. The Labute approximate surface area is 115 Å². The van der Waals surface area contributed by atoms with Gasteiger partial charge in [0.2, 0.25) is 0 Å². The highest BCUT2D eigenvalue weighted by Gasteiger charge is 2.15. The topological polar surface area (TPSA) is 76.7 Å². The summed E-state index contributed by atoms with van der Waals surface area (Å²) in [5.41, 5.74) is 1.00. The highest BCUT2D eigenvalue weighted by molar-refractivity contribution is 7.71. The smallest absolute Gasteiger partial charge is 0.284 e. The molecular formula is C12H16N4O2S. The lowest BCUT2D eigenvalue weighted by Gasteiger charge is -2.10. The molecule has 2 aromatic rings. The van der Waals surface area contributed by atoms with Crippen LogP contribution in [-0.4, -0.2) is 20.0 Å². The third-order valence-corrected chi connectivity index (χ3v) is 2.86. The van der Waals surface area contributed by atoms with Gasteiger partial charge in [-0.3, -0.25) is 4.79 Å². The van der Waals surface area contributed by atoms with Crippen LogP contribution in [-0.2, 0) is 6.54 Å². The number of H-pyrrole nitrogens is 1. The van der Waals surface area contributed by atoms with E-state index in [0.29, 0.717) is 12.1 Å². The largest absolute Gasteiger partial charge is 0.409 e. The molecule has 0 aliphatic rings. The van der Waals surface area contributed by atoms with E-state index in [1.165, 1.54) is 4.68 Å². The zero-order chi connectivity index (χ0) is 14.0. The predicted molar refractivity (Wildman–Crippen MR) is 73.6 cm³/mol. The minimum Gasteiger partial charge on any atom is -0.409 e. The first-order valence-corrected chi connectivity index (χ1v) is 6.61. The molecule has 0 aliphatic heterocycles. The Balaban J connectivity index is 2.65. The Morgan fingerprint density at radius 1 is 1.53 bits per heavy atom. The van der Waals surface area contributed by atoms with Crippen molar-refractivity contribution in [2.75, 3.05) is 0 Å². The second-order valence-corrected chi connectivity index (χ2v) is 4.95. The van der Waals surface area contributed by atoms with Gasteiger partial charge < -0.3 is 4.42 Å². The summed E-state index contributed by atoms with van der Waals surface area (Å²) in [7, 11) is 0. The van der Waals surface area contributed by atoms with Crippen molar-refractivity contribution in [2.45, 2.75) is 39.7 Å². The highest BCUT2D eigenvalue weighted by Crippen LogP contribution is 2.17. The summed E-state index contributed by atoms with van der Waals surface area (Å²) in [4.78, 5) is 12.4. The molecule has 0 aliphatic carbocycles. The Bertz CT molecular complexity index is 684. The first kappa shape index (κ1) is 13.7.